The predicted octanol–water partition coefficient (Wildman–Crippen LogP) is 3.96. The molecule has 0 atom stereocenters. The van der Waals surface area contributed by atoms with Gasteiger partial charge in [0, 0.05) is 17.8 Å². The molecular weight excluding hydrogens is 232 g/mol. The van der Waals surface area contributed by atoms with Gasteiger partial charge in [0.1, 0.15) is 0 Å². The first-order valence-corrected chi connectivity index (χ1v) is 5.94. The fourth-order valence-electron chi connectivity index (χ4n) is 1.59. The lowest BCUT2D eigenvalue weighted by Crippen LogP contribution is -2.01. The van der Waals surface area contributed by atoms with Crippen molar-refractivity contribution in [3.05, 3.63) is 58.4 Å². The highest BCUT2D eigenvalue weighted by molar-refractivity contribution is 6.31. The summed E-state index contributed by atoms with van der Waals surface area (Å²) in [7, 11) is 0. The number of aromatic nitrogens is 1. The lowest BCUT2D eigenvalue weighted by atomic mass is 10.1. The van der Waals surface area contributed by atoms with Crippen molar-refractivity contribution in [1.29, 1.82) is 0 Å². The van der Waals surface area contributed by atoms with E-state index in [-0.39, 0.29) is 0 Å². The van der Waals surface area contributed by atoms with Crippen LogP contribution in [0.1, 0.15) is 16.7 Å². The van der Waals surface area contributed by atoms with Gasteiger partial charge in [0.2, 0.25) is 0 Å². The smallest absolute Gasteiger partial charge is 0.0559 e. The zero-order valence-electron chi connectivity index (χ0n) is 10.00. The average molecular weight is 247 g/mol. The molecule has 1 heterocycles. The van der Waals surface area contributed by atoms with Gasteiger partial charge in [0.25, 0.3) is 0 Å². The van der Waals surface area contributed by atoms with E-state index >= 15 is 0 Å². The average Bonchev–Trinajstić information content (AvgIpc) is 2.32. The maximum Gasteiger partial charge on any atom is 0.0559 e. The maximum atomic E-state index is 6.09. The van der Waals surface area contributed by atoms with Crippen LogP contribution in [-0.2, 0) is 6.54 Å². The minimum Gasteiger partial charge on any atom is -0.380 e. The highest BCUT2D eigenvalue weighted by Crippen LogP contribution is 2.18. The van der Waals surface area contributed by atoms with Gasteiger partial charge in [-0.25, -0.2) is 0 Å². The van der Waals surface area contributed by atoms with Gasteiger partial charge in [0.15, 0.2) is 0 Å². The number of nitrogens with one attached hydrogen (secondary N) is 1. The second-order valence-corrected chi connectivity index (χ2v) is 4.53. The number of nitrogens with zero attached hydrogens (tertiary/aromatic N) is 1. The summed E-state index contributed by atoms with van der Waals surface area (Å²) in [5, 5.41) is 4.17. The van der Waals surface area contributed by atoms with Crippen molar-refractivity contribution >= 4 is 17.3 Å². The number of hydrogen-bond acceptors (Lipinski definition) is 2. The quantitative estimate of drug-likeness (QED) is 0.887. The monoisotopic (exact) mass is 246 g/mol. The van der Waals surface area contributed by atoms with Crippen molar-refractivity contribution in [1.82, 2.24) is 4.98 Å². The van der Waals surface area contributed by atoms with E-state index < -0.39 is 0 Å². The van der Waals surface area contributed by atoms with Crippen molar-refractivity contribution in [2.75, 3.05) is 5.32 Å². The van der Waals surface area contributed by atoms with Gasteiger partial charge in [-0.1, -0.05) is 23.7 Å². The first kappa shape index (κ1) is 11.9. The number of hydrogen-bond donors (Lipinski definition) is 1. The molecule has 2 rings (SSSR count). The Bertz CT molecular complexity index is 523. The molecule has 0 spiro atoms. The summed E-state index contributed by atoms with van der Waals surface area (Å²) < 4.78 is 0. The first-order chi connectivity index (χ1) is 8.16. The van der Waals surface area contributed by atoms with E-state index in [1.807, 2.05) is 31.3 Å². The second kappa shape index (κ2) is 5.19. The van der Waals surface area contributed by atoms with Gasteiger partial charge in [-0.2, -0.15) is 0 Å². The van der Waals surface area contributed by atoms with Crippen LogP contribution in [0.5, 0.6) is 0 Å². The maximum absolute atomic E-state index is 6.09. The van der Waals surface area contributed by atoms with E-state index in [2.05, 4.69) is 23.3 Å². The largest absolute Gasteiger partial charge is 0.380 e. The molecule has 1 aromatic heterocycles. The number of rotatable bonds is 3. The van der Waals surface area contributed by atoms with Crippen LogP contribution in [0.25, 0.3) is 0 Å². The molecule has 2 nitrogen and oxygen atoms in total. The Balaban J connectivity index is 2.08. The number of anilines is 1. The van der Waals surface area contributed by atoms with Crippen LogP contribution in [0.4, 0.5) is 5.69 Å². The van der Waals surface area contributed by atoms with Crippen LogP contribution in [0.3, 0.4) is 0 Å². The lowest BCUT2D eigenvalue weighted by Gasteiger charge is -2.09. The summed E-state index contributed by atoms with van der Waals surface area (Å²) in [5.74, 6) is 0. The Labute approximate surface area is 107 Å². The third-order valence-electron chi connectivity index (χ3n) is 2.76. The molecule has 0 unspecified atom stereocenters. The van der Waals surface area contributed by atoms with Crippen LogP contribution in [0.2, 0.25) is 5.02 Å². The summed E-state index contributed by atoms with van der Waals surface area (Å²) in [6.45, 7) is 4.82. The van der Waals surface area contributed by atoms with Crippen LogP contribution < -0.4 is 5.32 Å². The van der Waals surface area contributed by atoms with Gasteiger partial charge < -0.3 is 5.32 Å². The Kier molecular flexibility index (Phi) is 3.64. The SMILES string of the molecule is Cc1ccc(CNc2cnccc2C)cc1Cl. The topological polar surface area (TPSA) is 24.9 Å². The van der Waals surface area contributed by atoms with Gasteiger partial charge in [-0.05, 0) is 42.7 Å². The standard InChI is InChI=1S/C14H15ClN2/c1-10-3-4-12(7-13(10)15)8-17-14-9-16-6-5-11(14)2/h3-7,9,17H,8H2,1-2H3. The van der Waals surface area contributed by atoms with Crippen LogP contribution in [0.15, 0.2) is 36.7 Å². The van der Waals surface area contributed by atoms with Gasteiger partial charge in [0.05, 0.1) is 11.9 Å². The number of aryl methyl sites for hydroxylation is 2. The zero-order chi connectivity index (χ0) is 12.3. The fraction of sp³-hybridized carbons (Fsp3) is 0.214. The highest BCUT2D eigenvalue weighted by Gasteiger charge is 2.00. The third-order valence-corrected chi connectivity index (χ3v) is 3.17. The molecule has 0 aliphatic heterocycles. The van der Waals surface area contributed by atoms with Gasteiger partial charge >= 0.3 is 0 Å². The van der Waals surface area contributed by atoms with Crippen LogP contribution in [0, 0.1) is 13.8 Å². The third kappa shape index (κ3) is 2.98. The van der Waals surface area contributed by atoms with E-state index in [1.165, 1.54) is 11.1 Å². The summed E-state index contributed by atoms with van der Waals surface area (Å²) in [6.07, 6.45) is 3.63. The lowest BCUT2D eigenvalue weighted by molar-refractivity contribution is 1.12. The molecular formula is C14H15ClN2. The van der Waals surface area contributed by atoms with E-state index in [4.69, 9.17) is 11.6 Å². The van der Waals surface area contributed by atoms with Gasteiger partial charge in [-0.15, -0.1) is 0 Å². The molecule has 0 saturated heterocycles. The molecule has 1 aromatic carbocycles. The van der Waals surface area contributed by atoms with Crippen molar-refractivity contribution in [2.24, 2.45) is 0 Å². The Morgan fingerprint density at radius 3 is 2.71 bits per heavy atom. The van der Waals surface area contributed by atoms with E-state index in [0.29, 0.717) is 0 Å². The molecule has 3 heteroatoms. The van der Waals surface area contributed by atoms with Crippen LogP contribution in [-0.4, -0.2) is 4.98 Å². The van der Waals surface area contributed by atoms with Crippen molar-refractivity contribution in [3.8, 4) is 0 Å². The molecule has 0 aliphatic carbocycles. The van der Waals surface area contributed by atoms with Crippen molar-refractivity contribution in [2.45, 2.75) is 20.4 Å². The van der Waals surface area contributed by atoms with E-state index in [1.54, 1.807) is 6.20 Å². The second-order valence-electron chi connectivity index (χ2n) is 4.13. The summed E-state index contributed by atoms with van der Waals surface area (Å²) in [6, 6.07) is 8.11. The minimum atomic E-state index is 0.756. The van der Waals surface area contributed by atoms with E-state index in [9.17, 15) is 0 Å². The number of benzene rings is 1. The molecule has 0 bridgehead atoms. The fourth-order valence-corrected chi connectivity index (χ4v) is 1.80. The van der Waals surface area contributed by atoms with Crippen molar-refractivity contribution in [3.63, 3.8) is 0 Å². The molecule has 0 amide bonds. The molecule has 2 aromatic rings. The summed E-state index contributed by atoms with van der Waals surface area (Å²) in [4.78, 5) is 4.10. The normalized spacial score (nSPS) is 10.3. The Morgan fingerprint density at radius 2 is 2.00 bits per heavy atom. The predicted molar refractivity (Wildman–Crippen MR) is 72.5 cm³/mol. The molecule has 1 N–H and O–H groups in total. The molecule has 0 aliphatic rings. The molecule has 88 valence electrons. The summed E-state index contributed by atoms with van der Waals surface area (Å²) >= 11 is 6.09. The van der Waals surface area contributed by atoms with Crippen molar-refractivity contribution < 1.29 is 0 Å². The van der Waals surface area contributed by atoms with Gasteiger partial charge in [-0.3, -0.25) is 4.98 Å². The molecule has 0 radical (unpaired) electrons. The molecule has 0 saturated carbocycles. The minimum absolute atomic E-state index is 0.756. The molecule has 0 fully saturated rings. The number of halogens is 1. The number of pyridine rings is 1. The van der Waals surface area contributed by atoms with E-state index in [0.717, 1.165) is 22.8 Å². The van der Waals surface area contributed by atoms with Crippen LogP contribution >= 0.6 is 11.6 Å². The summed E-state index contributed by atoms with van der Waals surface area (Å²) in [5.41, 5.74) is 4.53. The molecule has 17 heavy (non-hydrogen) atoms. The zero-order valence-corrected chi connectivity index (χ0v) is 10.8. The Morgan fingerprint density at radius 1 is 1.18 bits per heavy atom. The first-order valence-electron chi connectivity index (χ1n) is 5.56. The highest BCUT2D eigenvalue weighted by atomic mass is 35.5. The Hall–Kier alpha value is -1.54.